The fraction of sp³-hybridized carbons (Fsp3) is 0.600. The van der Waals surface area contributed by atoms with Crippen molar-refractivity contribution in [1.82, 2.24) is 4.98 Å². The molecule has 0 aliphatic heterocycles. The van der Waals surface area contributed by atoms with Crippen LogP contribution in [0.25, 0.3) is 0 Å². The number of nitrogens with zero attached hydrogens (tertiary/aromatic N) is 1. The van der Waals surface area contributed by atoms with Crippen molar-refractivity contribution < 1.29 is 14.1 Å². The first-order valence-corrected chi connectivity index (χ1v) is 7.68. The average Bonchev–Trinajstić information content (AvgIpc) is 2.66. The molecule has 0 spiro atoms. The molecule has 0 aliphatic carbocycles. The van der Waals surface area contributed by atoms with Gasteiger partial charge in [-0.05, 0) is 13.8 Å². The molecule has 2 N–H and O–H groups in total. The van der Waals surface area contributed by atoms with E-state index in [1.54, 1.807) is 25.5 Å². The molecule has 96 valence electrons. The minimum absolute atomic E-state index is 0.537. The van der Waals surface area contributed by atoms with Crippen LogP contribution in [0.3, 0.4) is 0 Å². The van der Waals surface area contributed by atoms with Gasteiger partial charge in [-0.25, -0.2) is 4.98 Å². The van der Waals surface area contributed by atoms with Gasteiger partial charge in [0.25, 0.3) is 0 Å². The van der Waals surface area contributed by atoms with E-state index in [1.165, 1.54) is 11.3 Å². The van der Waals surface area contributed by atoms with Gasteiger partial charge in [-0.15, -0.1) is 11.3 Å². The van der Waals surface area contributed by atoms with Crippen LogP contribution < -0.4 is 5.32 Å². The fourth-order valence-electron chi connectivity index (χ4n) is 1.05. The number of carboxylic acid groups (broad SMARTS) is 1. The third-order valence-corrected chi connectivity index (χ3v) is 3.92. The van der Waals surface area contributed by atoms with Crippen LogP contribution in [-0.2, 0) is 21.0 Å². The van der Waals surface area contributed by atoms with E-state index in [0.29, 0.717) is 23.1 Å². The maximum atomic E-state index is 11.0. The SMILES string of the molecule is CS(=O)CCNc1nc(C(C)(C)C(=O)O)cs1. The Morgan fingerprint density at radius 3 is 2.82 bits per heavy atom. The molecule has 0 saturated heterocycles. The molecule has 1 aromatic rings. The van der Waals surface area contributed by atoms with Gasteiger partial charge in [0.05, 0.1) is 5.69 Å². The highest BCUT2D eigenvalue weighted by Crippen LogP contribution is 2.27. The number of anilines is 1. The zero-order valence-electron chi connectivity index (χ0n) is 10.0. The minimum Gasteiger partial charge on any atom is -0.481 e. The summed E-state index contributed by atoms with van der Waals surface area (Å²) in [5.74, 6) is -0.346. The van der Waals surface area contributed by atoms with Crippen molar-refractivity contribution in [3.05, 3.63) is 11.1 Å². The second-order valence-electron chi connectivity index (χ2n) is 4.17. The molecule has 1 rings (SSSR count). The molecule has 0 aromatic carbocycles. The third kappa shape index (κ3) is 3.78. The zero-order chi connectivity index (χ0) is 13.1. The van der Waals surface area contributed by atoms with Crippen LogP contribution in [0.1, 0.15) is 19.5 Å². The summed E-state index contributed by atoms with van der Waals surface area (Å²) in [6.45, 7) is 3.81. The summed E-state index contributed by atoms with van der Waals surface area (Å²) in [7, 11) is -0.837. The van der Waals surface area contributed by atoms with Crippen molar-refractivity contribution in [2.24, 2.45) is 0 Å². The molecule has 5 nitrogen and oxygen atoms in total. The summed E-state index contributed by atoms with van der Waals surface area (Å²) in [5.41, 5.74) is -0.445. The molecule has 1 unspecified atom stereocenters. The molecule has 0 fully saturated rings. The molecule has 1 atom stereocenters. The predicted molar refractivity (Wildman–Crippen MR) is 70.2 cm³/mol. The molecule has 17 heavy (non-hydrogen) atoms. The lowest BCUT2D eigenvalue weighted by atomic mass is 9.90. The van der Waals surface area contributed by atoms with Gasteiger partial charge in [-0.1, -0.05) is 0 Å². The average molecular weight is 276 g/mol. The molecule has 7 heteroatoms. The van der Waals surface area contributed by atoms with Crippen LogP contribution in [-0.4, -0.2) is 38.8 Å². The normalized spacial score (nSPS) is 13.4. The van der Waals surface area contributed by atoms with E-state index < -0.39 is 22.2 Å². The van der Waals surface area contributed by atoms with Crippen molar-refractivity contribution in [3.8, 4) is 0 Å². The number of nitrogens with one attached hydrogen (secondary N) is 1. The highest BCUT2D eigenvalue weighted by molar-refractivity contribution is 7.84. The van der Waals surface area contributed by atoms with E-state index in [-0.39, 0.29) is 0 Å². The summed E-state index contributed by atoms with van der Waals surface area (Å²) in [6, 6.07) is 0. The van der Waals surface area contributed by atoms with Crippen molar-refractivity contribution in [1.29, 1.82) is 0 Å². The number of carboxylic acids is 1. The monoisotopic (exact) mass is 276 g/mol. The topological polar surface area (TPSA) is 79.3 Å². The number of hydrogen-bond donors (Lipinski definition) is 2. The van der Waals surface area contributed by atoms with E-state index >= 15 is 0 Å². The van der Waals surface area contributed by atoms with Crippen molar-refractivity contribution in [2.45, 2.75) is 19.3 Å². The van der Waals surface area contributed by atoms with Gasteiger partial charge in [0, 0.05) is 34.7 Å². The van der Waals surface area contributed by atoms with Crippen LogP contribution in [0.4, 0.5) is 5.13 Å². The molecule has 0 aliphatic rings. The lowest BCUT2D eigenvalue weighted by Gasteiger charge is -2.15. The van der Waals surface area contributed by atoms with Gasteiger partial charge >= 0.3 is 5.97 Å². The lowest BCUT2D eigenvalue weighted by molar-refractivity contribution is -0.142. The predicted octanol–water partition coefficient (Wildman–Crippen LogP) is 1.30. The van der Waals surface area contributed by atoms with Crippen molar-refractivity contribution in [2.75, 3.05) is 23.9 Å². The van der Waals surface area contributed by atoms with E-state index in [0.717, 1.165) is 0 Å². The first kappa shape index (κ1) is 14.1. The second kappa shape index (κ2) is 5.59. The molecule has 1 heterocycles. The first-order valence-electron chi connectivity index (χ1n) is 5.07. The van der Waals surface area contributed by atoms with Gasteiger partial charge in [0.15, 0.2) is 5.13 Å². The number of aromatic nitrogens is 1. The summed E-state index contributed by atoms with van der Waals surface area (Å²) >= 11 is 1.36. The maximum absolute atomic E-state index is 11.0. The van der Waals surface area contributed by atoms with Crippen LogP contribution in [0.2, 0.25) is 0 Å². The smallest absolute Gasteiger partial charge is 0.315 e. The first-order chi connectivity index (χ1) is 7.84. The van der Waals surface area contributed by atoms with Crippen molar-refractivity contribution in [3.63, 3.8) is 0 Å². The summed E-state index contributed by atoms with van der Waals surface area (Å²) in [4.78, 5) is 15.3. The van der Waals surface area contributed by atoms with Crippen LogP contribution in [0.15, 0.2) is 5.38 Å². The Balaban J connectivity index is 2.65. The Kier molecular flexibility index (Phi) is 4.64. The van der Waals surface area contributed by atoms with Crippen LogP contribution in [0.5, 0.6) is 0 Å². The highest BCUT2D eigenvalue weighted by atomic mass is 32.2. The van der Waals surface area contributed by atoms with E-state index in [1.807, 2.05) is 0 Å². The van der Waals surface area contributed by atoms with Gasteiger partial charge in [-0.2, -0.15) is 0 Å². The highest BCUT2D eigenvalue weighted by Gasteiger charge is 2.32. The number of carbonyl (C=O) groups is 1. The molecular weight excluding hydrogens is 260 g/mol. The van der Waals surface area contributed by atoms with Crippen LogP contribution >= 0.6 is 11.3 Å². The zero-order valence-corrected chi connectivity index (χ0v) is 11.7. The Hall–Kier alpha value is -0.950. The molecule has 0 amide bonds. The lowest BCUT2D eigenvalue weighted by Crippen LogP contribution is -2.28. The Morgan fingerprint density at radius 1 is 1.65 bits per heavy atom. The molecule has 0 saturated carbocycles. The summed E-state index contributed by atoms with van der Waals surface area (Å²) < 4.78 is 10.9. The molecular formula is C10H16N2O3S2. The largest absolute Gasteiger partial charge is 0.481 e. The second-order valence-corrected chi connectivity index (χ2v) is 6.58. The van der Waals surface area contributed by atoms with E-state index in [4.69, 9.17) is 5.11 Å². The quantitative estimate of drug-likeness (QED) is 0.818. The molecule has 0 bridgehead atoms. The Morgan fingerprint density at radius 2 is 2.29 bits per heavy atom. The van der Waals surface area contributed by atoms with Gasteiger partial charge < -0.3 is 10.4 Å². The van der Waals surface area contributed by atoms with Gasteiger partial charge in [-0.3, -0.25) is 9.00 Å². The third-order valence-electron chi connectivity index (χ3n) is 2.34. The fourth-order valence-corrected chi connectivity index (χ4v) is 2.35. The Bertz CT molecular complexity index is 429. The Labute approximate surface area is 107 Å². The van der Waals surface area contributed by atoms with Gasteiger partial charge in [0.1, 0.15) is 5.41 Å². The summed E-state index contributed by atoms with van der Waals surface area (Å²) in [6.07, 6.45) is 1.64. The number of aliphatic carboxylic acids is 1. The van der Waals surface area contributed by atoms with Crippen molar-refractivity contribution >= 4 is 33.2 Å². The molecule has 1 aromatic heterocycles. The standard InChI is InChI=1S/C10H16N2O3S2/c1-10(2,8(13)14)7-6-16-9(12-7)11-4-5-17(3)15/h6H,4-5H2,1-3H3,(H,11,12)(H,13,14). The van der Waals surface area contributed by atoms with Gasteiger partial charge in [0.2, 0.25) is 0 Å². The van der Waals surface area contributed by atoms with Crippen LogP contribution in [0, 0.1) is 0 Å². The maximum Gasteiger partial charge on any atom is 0.315 e. The number of rotatable bonds is 6. The number of thiazole rings is 1. The molecule has 0 radical (unpaired) electrons. The number of hydrogen-bond acceptors (Lipinski definition) is 5. The van der Waals surface area contributed by atoms with E-state index in [2.05, 4.69) is 10.3 Å². The minimum atomic E-state index is -0.982. The van der Waals surface area contributed by atoms with E-state index in [9.17, 15) is 9.00 Å². The summed E-state index contributed by atoms with van der Waals surface area (Å²) in [5, 5.41) is 14.5.